The molecule has 1 aliphatic carbocycles. The average Bonchev–Trinajstić information content (AvgIpc) is 3.33. The number of hydrogen-bond donors (Lipinski definition) is 3. The molecule has 2 amide bonds. The number of nitrogens with zero attached hydrogens (tertiary/aromatic N) is 2. The van der Waals surface area contributed by atoms with Gasteiger partial charge in [0, 0.05) is 12.6 Å². The van der Waals surface area contributed by atoms with Crippen LogP contribution < -0.4 is 16.0 Å². The van der Waals surface area contributed by atoms with Gasteiger partial charge in [-0.15, -0.1) is 10.2 Å². The SMILES string of the molecule is CC(C)CNc1nnc(SCC(=O)Nc2ccccc2C(=O)NC2CC2)s1. The van der Waals surface area contributed by atoms with Crippen molar-refractivity contribution in [2.45, 2.75) is 37.1 Å². The average molecular weight is 406 g/mol. The second kappa shape index (κ2) is 9.18. The van der Waals surface area contributed by atoms with Crippen LogP contribution in [0.3, 0.4) is 0 Å². The number of nitrogens with one attached hydrogen (secondary N) is 3. The molecule has 1 aliphatic rings. The zero-order valence-electron chi connectivity index (χ0n) is 15.3. The highest BCUT2D eigenvalue weighted by atomic mass is 32.2. The van der Waals surface area contributed by atoms with Crippen molar-refractivity contribution in [3.05, 3.63) is 29.8 Å². The molecule has 0 atom stereocenters. The molecule has 0 radical (unpaired) electrons. The molecule has 3 N–H and O–H groups in total. The van der Waals surface area contributed by atoms with Crippen molar-refractivity contribution in [1.29, 1.82) is 0 Å². The summed E-state index contributed by atoms with van der Waals surface area (Å²) < 4.78 is 0.733. The monoisotopic (exact) mass is 405 g/mol. The number of carbonyl (C=O) groups is 2. The zero-order valence-corrected chi connectivity index (χ0v) is 17.0. The number of anilines is 2. The molecular weight excluding hydrogens is 382 g/mol. The van der Waals surface area contributed by atoms with Gasteiger partial charge < -0.3 is 16.0 Å². The molecule has 0 saturated heterocycles. The van der Waals surface area contributed by atoms with Crippen molar-refractivity contribution in [3.63, 3.8) is 0 Å². The van der Waals surface area contributed by atoms with E-state index in [1.54, 1.807) is 24.3 Å². The van der Waals surface area contributed by atoms with Crippen LogP contribution in [0.1, 0.15) is 37.0 Å². The summed E-state index contributed by atoms with van der Waals surface area (Å²) in [5, 5.41) is 17.9. The fourth-order valence-electron chi connectivity index (χ4n) is 2.23. The van der Waals surface area contributed by atoms with Crippen LogP contribution in [0.2, 0.25) is 0 Å². The summed E-state index contributed by atoms with van der Waals surface area (Å²) in [6, 6.07) is 7.32. The van der Waals surface area contributed by atoms with Crippen molar-refractivity contribution in [3.8, 4) is 0 Å². The number of carbonyl (C=O) groups excluding carboxylic acids is 2. The van der Waals surface area contributed by atoms with Crippen LogP contribution >= 0.6 is 23.1 Å². The van der Waals surface area contributed by atoms with Gasteiger partial charge in [-0.2, -0.15) is 0 Å². The minimum absolute atomic E-state index is 0.147. The van der Waals surface area contributed by atoms with Crippen LogP contribution in [0.25, 0.3) is 0 Å². The van der Waals surface area contributed by atoms with E-state index in [9.17, 15) is 9.59 Å². The Kier molecular flexibility index (Phi) is 6.68. The maximum Gasteiger partial charge on any atom is 0.253 e. The first-order valence-corrected chi connectivity index (χ1v) is 10.7. The van der Waals surface area contributed by atoms with Gasteiger partial charge in [0.05, 0.1) is 17.0 Å². The Hall–Kier alpha value is -2.13. The lowest BCUT2D eigenvalue weighted by atomic mass is 10.1. The Balaban J connectivity index is 1.51. The Labute approximate surface area is 166 Å². The molecule has 1 fully saturated rings. The summed E-state index contributed by atoms with van der Waals surface area (Å²) in [5.41, 5.74) is 1.01. The van der Waals surface area contributed by atoms with Gasteiger partial charge in [0.2, 0.25) is 11.0 Å². The van der Waals surface area contributed by atoms with Crippen LogP contribution in [-0.4, -0.2) is 40.4 Å². The van der Waals surface area contributed by atoms with Gasteiger partial charge in [0.1, 0.15) is 0 Å². The minimum atomic E-state index is -0.182. The molecular formula is C18H23N5O2S2. The van der Waals surface area contributed by atoms with Crippen molar-refractivity contribution in [2.24, 2.45) is 5.92 Å². The van der Waals surface area contributed by atoms with Crippen molar-refractivity contribution >= 4 is 45.7 Å². The molecule has 0 spiro atoms. The number of para-hydroxylation sites is 1. The largest absolute Gasteiger partial charge is 0.360 e. The first-order valence-electron chi connectivity index (χ1n) is 8.91. The quantitative estimate of drug-likeness (QED) is 0.554. The highest BCUT2D eigenvalue weighted by Gasteiger charge is 2.25. The molecule has 1 aromatic carbocycles. The van der Waals surface area contributed by atoms with Crippen molar-refractivity contribution < 1.29 is 9.59 Å². The van der Waals surface area contributed by atoms with E-state index >= 15 is 0 Å². The lowest BCUT2D eigenvalue weighted by molar-refractivity contribution is -0.113. The summed E-state index contributed by atoms with van der Waals surface area (Å²) in [6.07, 6.45) is 2.04. The van der Waals surface area contributed by atoms with Crippen LogP contribution in [0.4, 0.5) is 10.8 Å². The topological polar surface area (TPSA) is 96.0 Å². The van der Waals surface area contributed by atoms with Gasteiger partial charge in [0.25, 0.3) is 5.91 Å². The van der Waals surface area contributed by atoms with E-state index < -0.39 is 0 Å². The first kappa shape index (κ1) is 19.6. The predicted molar refractivity (Wildman–Crippen MR) is 110 cm³/mol. The van der Waals surface area contributed by atoms with Gasteiger partial charge in [-0.05, 0) is 30.9 Å². The number of rotatable bonds is 9. The van der Waals surface area contributed by atoms with Crippen LogP contribution in [0.15, 0.2) is 28.6 Å². The Morgan fingerprint density at radius 2 is 2.04 bits per heavy atom. The molecule has 0 aliphatic heterocycles. The smallest absolute Gasteiger partial charge is 0.253 e. The molecule has 27 heavy (non-hydrogen) atoms. The third-order valence-electron chi connectivity index (χ3n) is 3.75. The molecule has 1 aromatic heterocycles. The third-order valence-corrected chi connectivity index (χ3v) is 5.77. The van der Waals surface area contributed by atoms with Crippen LogP contribution in [0.5, 0.6) is 0 Å². The minimum Gasteiger partial charge on any atom is -0.360 e. The summed E-state index contributed by atoms with van der Waals surface area (Å²) in [6.45, 7) is 5.08. The highest BCUT2D eigenvalue weighted by molar-refractivity contribution is 8.01. The van der Waals surface area contributed by atoms with Gasteiger partial charge in [-0.25, -0.2) is 0 Å². The predicted octanol–water partition coefficient (Wildman–Crippen LogP) is 3.23. The normalized spacial score (nSPS) is 13.4. The molecule has 3 rings (SSSR count). The molecule has 0 unspecified atom stereocenters. The molecule has 2 aromatic rings. The Morgan fingerprint density at radius 3 is 2.78 bits per heavy atom. The Bertz CT molecular complexity index is 805. The van der Waals surface area contributed by atoms with E-state index in [0.717, 1.165) is 28.9 Å². The van der Waals surface area contributed by atoms with Gasteiger partial charge in [-0.1, -0.05) is 49.1 Å². The van der Waals surface area contributed by atoms with Crippen molar-refractivity contribution in [1.82, 2.24) is 15.5 Å². The second-order valence-electron chi connectivity index (χ2n) is 6.78. The summed E-state index contributed by atoms with van der Waals surface area (Å²) in [4.78, 5) is 24.6. The van der Waals surface area contributed by atoms with Crippen molar-refractivity contribution in [2.75, 3.05) is 22.9 Å². The van der Waals surface area contributed by atoms with E-state index in [2.05, 4.69) is 40.0 Å². The lowest BCUT2D eigenvalue weighted by Crippen LogP contribution is -2.27. The van der Waals surface area contributed by atoms with Crippen LogP contribution in [-0.2, 0) is 4.79 Å². The highest BCUT2D eigenvalue weighted by Crippen LogP contribution is 2.26. The molecule has 1 saturated carbocycles. The Morgan fingerprint density at radius 1 is 1.26 bits per heavy atom. The number of amides is 2. The first-order chi connectivity index (χ1) is 13.0. The maximum atomic E-state index is 12.3. The number of thioether (sulfide) groups is 1. The van der Waals surface area contributed by atoms with Gasteiger partial charge in [0.15, 0.2) is 4.34 Å². The lowest BCUT2D eigenvalue weighted by Gasteiger charge is -2.10. The van der Waals surface area contributed by atoms with Gasteiger partial charge in [-0.3, -0.25) is 9.59 Å². The number of benzene rings is 1. The molecule has 1 heterocycles. The van der Waals surface area contributed by atoms with Crippen LogP contribution in [0, 0.1) is 5.92 Å². The zero-order chi connectivity index (χ0) is 19.2. The fraction of sp³-hybridized carbons (Fsp3) is 0.444. The van der Waals surface area contributed by atoms with E-state index in [0.29, 0.717) is 17.2 Å². The summed E-state index contributed by atoms with van der Waals surface area (Å²) >= 11 is 2.76. The van der Waals surface area contributed by atoms with E-state index in [4.69, 9.17) is 0 Å². The standard InChI is InChI=1S/C18H23N5O2S2/c1-11(2)9-19-17-22-23-18(27-17)26-10-15(24)21-14-6-4-3-5-13(14)16(25)20-12-7-8-12/h3-6,11-12H,7-10H2,1-2H3,(H,19,22)(H,20,25)(H,21,24). The second-order valence-corrected chi connectivity index (χ2v) is 8.98. The summed E-state index contributed by atoms with van der Waals surface area (Å²) in [7, 11) is 0. The van der Waals surface area contributed by atoms with Gasteiger partial charge >= 0.3 is 0 Å². The maximum absolute atomic E-state index is 12.3. The number of aromatic nitrogens is 2. The fourth-order valence-corrected chi connectivity index (χ4v) is 3.78. The number of hydrogen-bond acceptors (Lipinski definition) is 7. The molecule has 144 valence electrons. The van der Waals surface area contributed by atoms with E-state index in [-0.39, 0.29) is 23.6 Å². The third kappa shape index (κ3) is 6.21. The molecule has 9 heteroatoms. The van der Waals surface area contributed by atoms with E-state index in [1.807, 2.05) is 0 Å². The summed E-state index contributed by atoms with van der Waals surface area (Å²) in [5.74, 6) is 0.398. The van der Waals surface area contributed by atoms with E-state index in [1.165, 1.54) is 23.1 Å². The molecule has 0 bridgehead atoms. The molecule has 7 nitrogen and oxygen atoms in total.